The highest BCUT2D eigenvalue weighted by Crippen LogP contribution is 2.20. The van der Waals surface area contributed by atoms with Gasteiger partial charge in [0.1, 0.15) is 5.75 Å². The Balaban J connectivity index is 1.53. The normalized spacial score (nSPS) is 10.6. The SMILES string of the molecule is CCOc1ccc(NC(=O)CSc2nnc(CNc3ccc(Cl)cc3)n2CC)cc1. The highest BCUT2D eigenvalue weighted by Gasteiger charge is 2.13. The Morgan fingerprint density at radius 3 is 2.43 bits per heavy atom. The molecular formula is C21H24ClN5O2S. The van der Waals surface area contributed by atoms with E-state index in [1.54, 1.807) is 0 Å². The van der Waals surface area contributed by atoms with E-state index in [-0.39, 0.29) is 11.7 Å². The van der Waals surface area contributed by atoms with Crippen LogP contribution in [-0.2, 0) is 17.9 Å². The maximum absolute atomic E-state index is 12.3. The molecule has 3 rings (SSSR count). The Hall–Kier alpha value is -2.71. The van der Waals surface area contributed by atoms with Crippen LogP contribution >= 0.6 is 23.4 Å². The quantitative estimate of drug-likeness (QED) is 0.440. The number of halogens is 1. The lowest BCUT2D eigenvalue weighted by Gasteiger charge is -2.10. The molecule has 0 saturated carbocycles. The van der Waals surface area contributed by atoms with E-state index in [9.17, 15) is 4.79 Å². The monoisotopic (exact) mass is 445 g/mol. The average molecular weight is 446 g/mol. The largest absolute Gasteiger partial charge is 0.494 e. The highest BCUT2D eigenvalue weighted by molar-refractivity contribution is 7.99. The number of hydrogen-bond acceptors (Lipinski definition) is 6. The van der Waals surface area contributed by atoms with Crippen LogP contribution in [-0.4, -0.2) is 33.0 Å². The summed E-state index contributed by atoms with van der Waals surface area (Å²) in [5.41, 5.74) is 1.68. The molecule has 1 heterocycles. The van der Waals surface area contributed by atoms with Gasteiger partial charge in [-0.1, -0.05) is 23.4 Å². The van der Waals surface area contributed by atoms with Crippen LogP contribution in [0, 0.1) is 0 Å². The van der Waals surface area contributed by atoms with E-state index in [1.165, 1.54) is 11.8 Å². The molecule has 0 aliphatic rings. The molecule has 0 aliphatic heterocycles. The number of hydrogen-bond donors (Lipinski definition) is 2. The zero-order chi connectivity index (χ0) is 21.3. The number of amides is 1. The van der Waals surface area contributed by atoms with Crippen molar-refractivity contribution in [1.82, 2.24) is 14.8 Å². The fraction of sp³-hybridized carbons (Fsp3) is 0.286. The maximum Gasteiger partial charge on any atom is 0.234 e. The molecule has 1 aromatic heterocycles. The summed E-state index contributed by atoms with van der Waals surface area (Å²) in [5, 5.41) is 16.1. The molecule has 1 amide bonds. The molecule has 0 saturated heterocycles. The molecule has 3 aromatic rings. The molecule has 158 valence electrons. The minimum absolute atomic E-state index is 0.101. The number of carbonyl (C=O) groups excluding carboxylic acids is 1. The lowest BCUT2D eigenvalue weighted by Crippen LogP contribution is -2.15. The predicted molar refractivity (Wildman–Crippen MR) is 121 cm³/mol. The summed E-state index contributed by atoms with van der Waals surface area (Å²) in [6.07, 6.45) is 0. The number of nitrogens with one attached hydrogen (secondary N) is 2. The van der Waals surface area contributed by atoms with Crippen LogP contribution in [0.5, 0.6) is 5.75 Å². The second-order valence-electron chi connectivity index (χ2n) is 6.30. The van der Waals surface area contributed by atoms with Gasteiger partial charge in [0.15, 0.2) is 11.0 Å². The second-order valence-corrected chi connectivity index (χ2v) is 7.68. The summed E-state index contributed by atoms with van der Waals surface area (Å²) in [5.74, 6) is 1.73. The van der Waals surface area contributed by atoms with Crippen LogP contribution in [0.15, 0.2) is 53.7 Å². The molecule has 0 bridgehead atoms. The van der Waals surface area contributed by atoms with E-state index in [0.29, 0.717) is 29.9 Å². The molecule has 0 atom stereocenters. The number of anilines is 2. The van der Waals surface area contributed by atoms with Crippen LogP contribution in [0.25, 0.3) is 0 Å². The third-order valence-electron chi connectivity index (χ3n) is 4.19. The summed E-state index contributed by atoms with van der Waals surface area (Å²) in [6.45, 7) is 5.81. The molecule has 0 radical (unpaired) electrons. The van der Waals surface area contributed by atoms with Crippen molar-refractivity contribution in [1.29, 1.82) is 0 Å². The number of rotatable bonds is 10. The lowest BCUT2D eigenvalue weighted by molar-refractivity contribution is -0.113. The lowest BCUT2D eigenvalue weighted by atomic mass is 10.3. The van der Waals surface area contributed by atoms with E-state index in [1.807, 2.05) is 66.9 Å². The van der Waals surface area contributed by atoms with Gasteiger partial charge in [-0.3, -0.25) is 4.79 Å². The standard InChI is InChI=1S/C21H24ClN5O2S/c1-3-27-19(13-23-16-7-5-15(22)6-8-16)25-26-21(27)30-14-20(28)24-17-9-11-18(12-10-17)29-4-2/h5-12,23H,3-4,13-14H2,1-2H3,(H,24,28). The molecule has 0 aliphatic carbocycles. The van der Waals surface area contributed by atoms with Crippen LogP contribution in [0.1, 0.15) is 19.7 Å². The van der Waals surface area contributed by atoms with Gasteiger partial charge < -0.3 is 19.9 Å². The summed E-state index contributed by atoms with van der Waals surface area (Å²) in [7, 11) is 0. The first kappa shape index (κ1) is 22.0. The number of aromatic nitrogens is 3. The summed E-state index contributed by atoms with van der Waals surface area (Å²) in [4.78, 5) is 12.3. The Bertz CT molecular complexity index is 961. The molecule has 2 aromatic carbocycles. The van der Waals surface area contributed by atoms with Gasteiger partial charge in [0.05, 0.1) is 18.9 Å². The Morgan fingerprint density at radius 2 is 1.77 bits per heavy atom. The number of ether oxygens (including phenoxy) is 1. The topological polar surface area (TPSA) is 81.1 Å². The van der Waals surface area contributed by atoms with E-state index in [0.717, 1.165) is 22.9 Å². The minimum atomic E-state index is -0.101. The first-order valence-corrected chi connectivity index (χ1v) is 11.0. The smallest absolute Gasteiger partial charge is 0.234 e. The number of carbonyl (C=O) groups is 1. The summed E-state index contributed by atoms with van der Waals surface area (Å²) < 4.78 is 7.40. The van der Waals surface area contributed by atoms with Gasteiger partial charge in [0.2, 0.25) is 5.91 Å². The van der Waals surface area contributed by atoms with Gasteiger partial charge in [-0.25, -0.2) is 0 Å². The maximum atomic E-state index is 12.3. The van der Waals surface area contributed by atoms with Gasteiger partial charge in [-0.15, -0.1) is 10.2 Å². The van der Waals surface area contributed by atoms with Crippen molar-refractivity contribution < 1.29 is 9.53 Å². The first-order valence-electron chi connectivity index (χ1n) is 9.66. The molecule has 0 spiro atoms. The van der Waals surface area contributed by atoms with Crippen molar-refractivity contribution in [2.45, 2.75) is 32.1 Å². The van der Waals surface area contributed by atoms with Crippen molar-refractivity contribution in [3.05, 3.63) is 59.4 Å². The van der Waals surface area contributed by atoms with Crippen LogP contribution in [0.2, 0.25) is 5.02 Å². The zero-order valence-electron chi connectivity index (χ0n) is 16.9. The molecule has 0 fully saturated rings. The Morgan fingerprint density at radius 1 is 1.07 bits per heavy atom. The number of thioether (sulfide) groups is 1. The van der Waals surface area contributed by atoms with E-state index in [2.05, 4.69) is 20.8 Å². The van der Waals surface area contributed by atoms with Crippen molar-refractivity contribution in [3.8, 4) is 5.75 Å². The molecule has 9 heteroatoms. The third kappa shape index (κ3) is 6.14. The Labute approximate surface area is 185 Å². The van der Waals surface area contributed by atoms with Crippen molar-refractivity contribution in [3.63, 3.8) is 0 Å². The Kier molecular flexibility index (Phi) is 7.98. The van der Waals surface area contributed by atoms with Crippen LogP contribution in [0.4, 0.5) is 11.4 Å². The summed E-state index contributed by atoms with van der Waals surface area (Å²) >= 11 is 7.28. The fourth-order valence-corrected chi connectivity index (χ4v) is 3.70. The van der Waals surface area contributed by atoms with Gasteiger partial charge in [-0.05, 0) is 62.4 Å². The average Bonchev–Trinajstić information content (AvgIpc) is 3.15. The third-order valence-corrected chi connectivity index (χ3v) is 5.40. The second kappa shape index (κ2) is 10.9. The first-order chi connectivity index (χ1) is 14.6. The molecule has 30 heavy (non-hydrogen) atoms. The van der Waals surface area contributed by atoms with Gasteiger partial charge in [0.25, 0.3) is 0 Å². The van der Waals surface area contributed by atoms with Crippen molar-refractivity contribution in [2.75, 3.05) is 23.0 Å². The predicted octanol–water partition coefficient (Wildman–Crippen LogP) is 4.69. The molecule has 7 nitrogen and oxygen atoms in total. The highest BCUT2D eigenvalue weighted by atomic mass is 35.5. The summed E-state index contributed by atoms with van der Waals surface area (Å²) in [6, 6.07) is 14.8. The van der Waals surface area contributed by atoms with Gasteiger partial charge in [-0.2, -0.15) is 0 Å². The zero-order valence-corrected chi connectivity index (χ0v) is 18.5. The number of benzene rings is 2. The van der Waals surface area contributed by atoms with E-state index >= 15 is 0 Å². The van der Waals surface area contributed by atoms with Crippen molar-refractivity contribution >= 4 is 40.6 Å². The van der Waals surface area contributed by atoms with E-state index in [4.69, 9.17) is 16.3 Å². The van der Waals surface area contributed by atoms with Crippen LogP contribution in [0.3, 0.4) is 0 Å². The fourth-order valence-electron chi connectivity index (χ4n) is 2.75. The van der Waals surface area contributed by atoms with Gasteiger partial charge >= 0.3 is 0 Å². The number of nitrogens with zero attached hydrogens (tertiary/aromatic N) is 3. The minimum Gasteiger partial charge on any atom is -0.494 e. The van der Waals surface area contributed by atoms with Gasteiger partial charge in [0, 0.05) is 22.9 Å². The van der Waals surface area contributed by atoms with Crippen LogP contribution < -0.4 is 15.4 Å². The molecule has 0 unspecified atom stereocenters. The molecule has 2 N–H and O–H groups in total. The van der Waals surface area contributed by atoms with E-state index < -0.39 is 0 Å². The molecular weight excluding hydrogens is 422 g/mol. The van der Waals surface area contributed by atoms with Crippen molar-refractivity contribution in [2.24, 2.45) is 0 Å².